The van der Waals surface area contributed by atoms with Crippen molar-refractivity contribution in [2.45, 2.75) is 37.5 Å². The minimum absolute atomic E-state index is 0.0929. The van der Waals surface area contributed by atoms with Crippen molar-refractivity contribution < 1.29 is 47.7 Å². The zero-order chi connectivity index (χ0) is 27.1. The second-order valence-corrected chi connectivity index (χ2v) is 12.7. The van der Waals surface area contributed by atoms with E-state index in [1.54, 1.807) is 25.1 Å². The van der Waals surface area contributed by atoms with E-state index in [-0.39, 0.29) is 16.7 Å². The molecule has 37 heavy (non-hydrogen) atoms. The molecule has 6 atom stereocenters. The highest BCUT2D eigenvalue weighted by Gasteiger charge is 2.46. The van der Waals surface area contributed by atoms with Crippen LogP contribution in [0.15, 0.2) is 30.5 Å². The maximum atomic E-state index is 14.2. The van der Waals surface area contributed by atoms with E-state index >= 15 is 0 Å². The Balaban J connectivity index is 1.56. The molecule has 14 nitrogen and oxygen atoms in total. The van der Waals surface area contributed by atoms with Crippen LogP contribution in [0.25, 0.3) is 11.0 Å². The van der Waals surface area contributed by atoms with Crippen LogP contribution in [0, 0.1) is 5.82 Å². The Kier molecular flexibility index (Phi) is 8.03. The summed E-state index contributed by atoms with van der Waals surface area (Å²) < 4.78 is 48.5. The van der Waals surface area contributed by atoms with E-state index in [0.717, 1.165) is 4.68 Å². The zero-order valence-corrected chi connectivity index (χ0v) is 21.5. The molecule has 1 aromatic carbocycles. The summed E-state index contributed by atoms with van der Waals surface area (Å²) in [5, 5.41) is 28.3. The fourth-order valence-corrected chi connectivity index (χ4v) is 6.57. The van der Waals surface area contributed by atoms with Gasteiger partial charge < -0.3 is 39.5 Å². The van der Waals surface area contributed by atoms with Crippen molar-refractivity contribution in [1.82, 2.24) is 19.7 Å². The van der Waals surface area contributed by atoms with Crippen molar-refractivity contribution in [1.29, 1.82) is 0 Å². The Morgan fingerprint density at radius 1 is 1.22 bits per heavy atom. The van der Waals surface area contributed by atoms with E-state index in [0.29, 0.717) is 10.9 Å². The van der Waals surface area contributed by atoms with Gasteiger partial charge in [-0.2, -0.15) is 15.1 Å². The summed E-state index contributed by atoms with van der Waals surface area (Å²) in [5.74, 6) is -1.63. The molecule has 0 aliphatic carbocycles. The standard InChI is InChI=1S/C19H23ClFN5O9P2/c1-9(10-4-2-3-5-12(10)21)23-16-11-6-22-26(17(11)25-19(20)24-16)18-15(28)14(27)13(35-18)7-34-37(32,33)8-36(29,30)31/h2-6,9,13-15,18,27-28H,7-8H2,1H3,(H,32,33)(H,23,24,25)(H2,29,30,31)/t9-,13-,14-,15-,18-/m1/s1. The average Bonchev–Trinajstić information content (AvgIpc) is 3.32. The number of nitrogens with one attached hydrogen (secondary N) is 1. The van der Waals surface area contributed by atoms with Gasteiger partial charge in [0.1, 0.15) is 29.9 Å². The SMILES string of the molecule is C[C@@H](Nc1nc(Cl)nc2c1cnn2[C@@H]1O[C@H](COP(=O)(O)CP(=O)(O)O)[C@@H](O)[C@H]1O)c1ccccc1F. The summed E-state index contributed by atoms with van der Waals surface area (Å²) in [4.78, 5) is 35.7. The van der Waals surface area contributed by atoms with Gasteiger partial charge in [-0.05, 0) is 24.6 Å². The van der Waals surface area contributed by atoms with Crippen molar-refractivity contribution in [2.24, 2.45) is 0 Å². The number of benzene rings is 1. The molecular weight excluding hydrogens is 559 g/mol. The lowest BCUT2D eigenvalue weighted by molar-refractivity contribution is -0.0541. The van der Waals surface area contributed by atoms with Crippen molar-refractivity contribution in [3.05, 3.63) is 47.1 Å². The van der Waals surface area contributed by atoms with Gasteiger partial charge in [-0.25, -0.2) is 9.07 Å². The highest BCUT2D eigenvalue weighted by Crippen LogP contribution is 2.55. The number of halogens is 2. The van der Waals surface area contributed by atoms with Crippen LogP contribution < -0.4 is 5.32 Å². The molecular formula is C19H23ClFN5O9P2. The summed E-state index contributed by atoms with van der Waals surface area (Å²) in [6, 6.07) is 5.64. The molecule has 18 heteroatoms. The second-order valence-electron chi connectivity index (χ2n) is 8.34. The summed E-state index contributed by atoms with van der Waals surface area (Å²) in [6.07, 6.45) is -4.57. The fraction of sp³-hybridized carbons (Fsp3) is 0.421. The summed E-state index contributed by atoms with van der Waals surface area (Å²) >= 11 is 6.09. The van der Waals surface area contributed by atoms with Gasteiger partial charge in [-0.1, -0.05) is 18.2 Å². The largest absolute Gasteiger partial charge is 0.387 e. The van der Waals surface area contributed by atoms with Crippen LogP contribution in [0.3, 0.4) is 0 Å². The maximum Gasteiger partial charge on any atom is 0.340 e. The van der Waals surface area contributed by atoms with E-state index < -0.39 is 64.1 Å². The molecule has 6 N–H and O–H groups in total. The number of hydrogen-bond acceptors (Lipinski definition) is 10. The predicted octanol–water partition coefficient (Wildman–Crippen LogP) is 1.75. The van der Waals surface area contributed by atoms with Crippen LogP contribution in [0.1, 0.15) is 24.8 Å². The molecule has 0 saturated carbocycles. The minimum Gasteiger partial charge on any atom is -0.387 e. The molecule has 1 aliphatic rings. The number of hydrogen-bond donors (Lipinski definition) is 6. The Bertz CT molecular complexity index is 1390. The van der Waals surface area contributed by atoms with Gasteiger partial charge in [0.15, 0.2) is 17.8 Å². The van der Waals surface area contributed by atoms with Crippen molar-refractivity contribution in [3.63, 3.8) is 0 Å². The number of aliphatic hydroxyl groups excluding tert-OH is 2. The topological polar surface area (TPSA) is 209 Å². The van der Waals surface area contributed by atoms with Crippen LogP contribution in [0.2, 0.25) is 5.28 Å². The minimum atomic E-state index is -4.86. The number of fused-ring (bicyclic) bond motifs is 1. The number of rotatable bonds is 9. The van der Waals surface area contributed by atoms with Gasteiger partial charge in [-0.15, -0.1) is 0 Å². The molecule has 202 valence electrons. The molecule has 0 amide bonds. The van der Waals surface area contributed by atoms with Gasteiger partial charge in [0.2, 0.25) is 5.28 Å². The number of aromatic nitrogens is 4. The fourth-order valence-electron chi connectivity index (χ4n) is 3.84. The number of nitrogens with zero attached hydrogens (tertiary/aromatic N) is 4. The lowest BCUT2D eigenvalue weighted by Crippen LogP contribution is -2.33. The number of aliphatic hydroxyl groups is 2. The van der Waals surface area contributed by atoms with Crippen molar-refractivity contribution in [3.8, 4) is 0 Å². The molecule has 3 aromatic rings. The Morgan fingerprint density at radius 2 is 1.92 bits per heavy atom. The van der Waals surface area contributed by atoms with E-state index in [1.165, 1.54) is 12.3 Å². The molecule has 4 rings (SSSR count). The Labute approximate surface area is 213 Å². The van der Waals surface area contributed by atoms with Crippen LogP contribution >= 0.6 is 26.8 Å². The maximum absolute atomic E-state index is 14.2. The van der Waals surface area contributed by atoms with E-state index in [2.05, 4.69) is 20.4 Å². The van der Waals surface area contributed by atoms with Crippen LogP contribution in [-0.2, 0) is 18.4 Å². The van der Waals surface area contributed by atoms with Crippen LogP contribution in [-0.4, -0.2) is 75.5 Å². The molecule has 1 saturated heterocycles. The van der Waals surface area contributed by atoms with E-state index in [4.69, 9.17) is 30.6 Å². The molecule has 1 fully saturated rings. The first-order valence-corrected chi connectivity index (χ1v) is 14.6. The highest BCUT2D eigenvalue weighted by molar-refractivity contribution is 7.70. The first kappa shape index (κ1) is 28.0. The Hall–Kier alpha value is -2.03. The average molecular weight is 582 g/mol. The molecule has 0 spiro atoms. The molecule has 0 radical (unpaired) electrons. The Morgan fingerprint density at radius 3 is 2.59 bits per heavy atom. The van der Waals surface area contributed by atoms with Gasteiger partial charge in [0, 0.05) is 5.56 Å². The quantitative estimate of drug-likeness (QED) is 0.157. The first-order chi connectivity index (χ1) is 17.3. The molecule has 1 unspecified atom stereocenters. The highest BCUT2D eigenvalue weighted by atomic mass is 35.5. The summed E-state index contributed by atoms with van der Waals surface area (Å²) in [6.45, 7) is 0.951. The van der Waals surface area contributed by atoms with Crippen LogP contribution in [0.4, 0.5) is 10.2 Å². The predicted molar refractivity (Wildman–Crippen MR) is 127 cm³/mol. The summed E-state index contributed by atoms with van der Waals surface area (Å²) in [7, 11) is -9.57. The molecule has 3 heterocycles. The monoisotopic (exact) mass is 581 g/mol. The van der Waals surface area contributed by atoms with Gasteiger partial charge >= 0.3 is 15.2 Å². The first-order valence-electron chi connectivity index (χ1n) is 10.7. The van der Waals surface area contributed by atoms with Gasteiger partial charge in [-0.3, -0.25) is 9.13 Å². The van der Waals surface area contributed by atoms with Crippen LogP contribution in [0.5, 0.6) is 0 Å². The van der Waals surface area contributed by atoms with E-state index in [1.807, 2.05) is 0 Å². The van der Waals surface area contributed by atoms with Crippen molar-refractivity contribution >= 4 is 43.6 Å². The third-order valence-corrected chi connectivity index (χ3v) is 9.16. The smallest absolute Gasteiger partial charge is 0.340 e. The number of ether oxygens (including phenoxy) is 1. The normalized spacial score (nSPS) is 24.8. The van der Waals surface area contributed by atoms with Gasteiger partial charge in [0.05, 0.1) is 24.2 Å². The zero-order valence-electron chi connectivity index (χ0n) is 19.0. The van der Waals surface area contributed by atoms with Gasteiger partial charge in [0.25, 0.3) is 0 Å². The summed E-state index contributed by atoms with van der Waals surface area (Å²) in [5.41, 5.74) is 0.466. The molecule has 0 bridgehead atoms. The lowest BCUT2D eigenvalue weighted by Gasteiger charge is -2.18. The molecule has 1 aliphatic heterocycles. The second kappa shape index (κ2) is 10.6. The van der Waals surface area contributed by atoms with E-state index in [9.17, 15) is 28.6 Å². The third-order valence-electron chi connectivity index (χ3n) is 5.53. The number of anilines is 1. The third kappa shape index (κ3) is 6.35. The molecule has 2 aromatic heterocycles. The lowest BCUT2D eigenvalue weighted by atomic mass is 10.1. The van der Waals surface area contributed by atoms with Crippen molar-refractivity contribution in [2.75, 3.05) is 17.8 Å².